The number of aryl methyl sites for hydroxylation is 1. The van der Waals surface area contributed by atoms with Gasteiger partial charge in [-0.15, -0.1) is 11.3 Å². The van der Waals surface area contributed by atoms with Gasteiger partial charge in [-0.25, -0.2) is 4.98 Å². The van der Waals surface area contributed by atoms with E-state index in [1.807, 2.05) is 6.20 Å². The predicted molar refractivity (Wildman–Crippen MR) is 103 cm³/mol. The lowest BCUT2D eigenvalue weighted by Crippen LogP contribution is -2.37. The van der Waals surface area contributed by atoms with Crippen LogP contribution in [0.3, 0.4) is 0 Å². The minimum absolute atomic E-state index is 0.761. The van der Waals surface area contributed by atoms with E-state index in [0.29, 0.717) is 0 Å². The van der Waals surface area contributed by atoms with Gasteiger partial charge >= 0.3 is 0 Å². The van der Waals surface area contributed by atoms with Gasteiger partial charge < -0.3 is 15.5 Å². The molecular weight excluding hydrogens is 318 g/mol. The van der Waals surface area contributed by atoms with Gasteiger partial charge in [0.1, 0.15) is 0 Å². The van der Waals surface area contributed by atoms with Gasteiger partial charge in [0.25, 0.3) is 0 Å². The number of thiazole rings is 1. The molecule has 0 atom stereocenters. The molecule has 2 rings (SSSR count). The second-order valence-corrected chi connectivity index (χ2v) is 7.34. The fourth-order valence-electron chi connectivity index (χ4n) is 2.41. The van der Waals surface area contributed by atoms with Crippen LogP contribution in [0.25, 0.3) is 0 Å². The number of nitrogens with zero attached hydrogens (tertiary/aromatic N) is 3. The molecule has 130 valence electrons. The van der Waals surface area contributed by atoms with Crippen LogP contribution in [0.1, 0.15) is 21.0 Å². The summed E-state index contributed by atoms with van der Waals surface area (Å²) in [5.74, 6) is 0.821. The topological polar surface area (TPSA) is 52.6 Å². The van der Waals surface area contributed by atoms with Crippen molar-refractivity contribution >= 4 is 17.3 Å². The Hall–Kier alpha value is -1.92. The number of aliphatic imine (C=N–C) groups is 1. The lowest BCUT2D eigenvalue weighted by Gasteiger charge is -2.13. The van der Waals surface area contributed by atoms with Crippen LogP contribution < -0.4 is 10.6 Å². The summed E-state index contributed by atoms with van der Waals surface area (Å²) in [5.41, 5.74) is 2.58. The third-order valence-electron chi connectivity index (χ3n) is 3.47. The molecule has 2 aromatic rings. The van der Waals surface area contributed by atoms with Crippen molar-refractivity contribution in [3.8, 4) is 0 Å². The van der Waals surface area contributed by atoms with E-state index in [9.17, 15) is 0 Å². The van der Waals surface area contributed by atoms with Gasteiger partial charge in [0.15, 0.2) is 5.96 Å². The molecule has 0 aliphatic rings. The van der Waals surface area contributed by atoms with E-state index in [1.165, 1.54) is 16.0 Å². The first kappa shape index (κ1) is 18.4. The maximum atomic E-state index is 4.38. The monoisotopic (exact) mass is 345 g/mol. The van der Waals surface area contributed by atoms with Crippen LogP contribution in [-0.2, 0) is 19.5 Å². The van der Waals surface area contributed by atoms with E-state index in [-0.39, 0.29) is 0 Å². The maximum Gasteiger partial charge on any atom is 0.191 e. The van der Waals surface area contributed by atoms with Gasteiger partial charge in [-0.3, -0.25) is 4.99 Å². The summed E-state index contributed by atoms with van der Waals surface area (Å²) < 4.78 is 0. The first-order valence-corrected chi connectivity index (χ1v) is 8.97. The maximum absolute atomic E-state index is 4.38. The Kier molecular flexibility index (Phi) is 7.21. The van der Waals surface area contributed by atoms with Crippen molar-refractivity contribution in [1.29, 1.82) is 0 Å². The number of hydrogen-bond donors (Lipinski definition) is 2. The van der Waals surface area contributed by atoms with Crippen LogP contribution in [0.4, 0.5) is 0 Å². The Morgan fingerprint density at radius 3 is 2.71 bits per heavy atom. The molecular formula is C18H27N5S. The molecule has 0 fully saturated rings. The average Bonchev–Trinajstić information content (AvgIpc) is 2.96. The minimum atomic E-state index is 0.761. The first-order valence-electron chi connectivity index (χ1n) is 8.15. The summed E-state index contributed by atoms with van der Waals surface area (Å²) in [6.07, 6.45) is 2.84. The van der Waals surface area contributed by atoms with Crippen molar-refractivity contribution in [2.24, 2.45) is 4.99 Å². The average molecular weight is 346 g/mol. The normalized spacial score (nSPS) is 11.8. The quantitative estimate of drug-likeness (QED) is 0.598. The van der Waals surface area contributed by atoms with Gasteiger partial charge in [0.05, 0.1) is 5.01 Å². The van der Waals surface area contributed by atoms with Crippen molar-refractivity contribution in [3.05, 3.63) is 51.5 Å². The molecule has 0 saturated carbocycles. The Morgan fingerprint density at radius 2 is 2.04 bits per heavy atom. The molecule has 1 aromatic carbocycles. The molecule has 0 unspecified atom stereocenters. The molecule has 0 aliphatic heterocycles. The summed E-state index contributed by atoms with van der Waals surface area (Å²) in [6.45, 7) is 4.62. The van der Waals surface area contributed by atoms with Crippen molar-refractivity contribution in [2.75, 3.05) is 27.7 Å². The van der Waals surface area contributed by atoms with E-state index < -0.39 is 0 Å². The van der Waals surface area contributed by atoms with E-state index in [0.717, 1.165) is 37.0 Å². The zero-order valence-corrected chi connectivity index (χ0v) is 15.8. The van der Waals surface area contributed by atoms with Crippen LogP contribution in [0, 0.1) is 6.92 Å². The number of guanidine groups is 1. The highest BCUT2D eigenvalue weighted by Crippen LogP contribution is 2.11. The SMILES string of the molecule is CN=C(NCCc1ncc(C)s1)NCc1cccc(CN(C)C)c1. The molecule has 1 heterocycles. The van der Waals surface area contributed by atoms with E-state index in [1.54, 1.807) is 18.4 Å². The van der Waals surface area contributed by atoms with E-state index in [4.69, 9.17) is 0 Å². The third kappa shape index (κ3) is 6.29. The summed E-state index contributed by atoms with van der Waals surface area (Å²) in [7, 11) is 5.96. The van der Waals surface area contributed by atoms with Gasteiger partial charge in [-0.05, 0) is 32.1 Å². The fraction of sp³-hybridized carbons (Fsp3) is 0.444. The number of rotatable bonds is 7. The van der Waals surface area contributed by atoms with Crippen LogP contribution in [0.5, 0.6) is 0 Å². The lowest BCUT2D eigenvalue weighted by atomic mass is 10.1. The Morgan fingerprint density at radius 1 is 1.25 bits per heavy atom. The number of hydrogen-bond acceptors (Lipinski definition) is 4. The summed E-state index contributed by atoms with van der Waals surface area (Å²) in [5, 5.41) is 7.87. The molecule has 0 radical (unpaired) electrons. The molecule has 0 aliphatic carbocycles. The molecule has 2 N–H and O–H groups in total. The molecule has 0 bridgehead atoms. The molecule has 0 spiro atoms. The second-order valence-electron chi connectivity index (χ2n) is 6.02. The van der Waals surface area contributed by atoms with E-state index >= 15 is 0 Å². The molecule has 0 amide bonds. The minimum Gasteiger partial charge on any atom is -0.356 e. The van der Waals surface area contributed by atoms with Crippen LogP contribution in [0.2, 0.25) is 0 Å². The lowest BCUT2D eigenvalue weighted by molar-refractivity contribution is 0.402. The predicted octanol–water partition coefficient (Wildman–Crippen LogP) is 2.42. The smallest absolute Gasteiger partial charge is 0.191 e. The van der Waals surface area contributed by atoms with Crippen molar-refractivity contribution < 1.29 is 0 Å². The van der Waals surface area contributed by atoms with Crippen LogP contribution in [0.15, 0.2) is 35.5 Å². The Balaban J connectivity index is 1.78. The van der Waals surface area contributed by atoms with Crippen molar-refractivity contribution in [1.82, 2.24) is 20.5 Å². The molecule has 24 heavy (non-hydrogen) atoms. The highest BCUT2D eigenvalue weighted by molar-refractivity contribution is 7.11. The van der Waals surface area contributed by atoms with Crippen molar-refractivity contribution in [2.45, 2.75) is 26.4 Å². The number of nitrogens with one attached hydrogen (secondary N) is 2. The van der Waals surface area contributed by atoms with Crippen LogP contribution in [-0.4, -0.2) is 43.5 Å². The molecule has 6 heteroatoms. The molecule has 0 saturated heterocycles. The summed E-state index contributed by atoms with van der Waals surface area (Å²) >= 11 is 1.75. The molecule has 1 aromatic heterocycles. The third-order valence-corrected chi connectivity index (χ3v) is 4.45. The zero-order valence-electron chi connectivity index (χ0n) is 15.0. The van der Waals surface area contributed by atoms with Crippen molar-refractivity contribution in [3.63, 3.8) is 0 Å². The van der Waals surface area contributed by atoms with E-state index in [2.05, 4.69) is 70.8 Å². The first-order chi connectivity index (χ1) is 11.6. The Bertz CT molecular complexity index is 663. The van der Waals surface area contributed by atoms with Gasteiger partial charge in [0, 0.05) is 44.2 Å². The standard InChI is InChI=1S/C18H27N5S/c1-14-11-21-17(24-14)8-9-20-18(19-2)22-12-15-6-5-7-16(10-15)13-23(3)4/h5-7,10-11H,8-9,12-13H2,1-4H3,(H2,19,20,22). The summed E-state index contributed by atoms with van der Waals surface area (Å²) in [4.78, 5) is 12.1. The number of benzene rings is 1. The number of aromatic nitrogens is 1. The largest absolute Gasteiger partial charge is 0.356 e. The summed E-state index contributed by atoms with van der Waals surface area (Å²) in [6, 6.07) is 8.64. The van der Waals surface area contributed by atoms with Gasteiger partial charge in [0.2, 0.25) is 0 Å². The molecule has 5 nitrogen and oxygen atoms in total. The van der Waals surface area contributed by atoms with Gasteiger partial charge in [-0.2, -0.15) is 0 Å². The highest BCUT2D eigenvalue weighted by atomic mass is 32.1. The fourth-order valence-corrected chi connectivity index (χ4v) is 3.20. The second kappa shape index (κ2) is 9.39. The van der Waals surface area contributed by atoms with Gasteiger partial charge in [-0.1, -0.05) is 24.3 Å². The Labute approximate surface area is 148 Å². The highest BCUT2D eigenvalue weighted by Gasteiger charge is 2.02. The van der Waals surface area contributed by atoms with Crippen LogP contribution >= 0.6 is 11.3 Å². The zero-order chi connectivity index (χ0) is 17.4.